The summed E-state index contributed by atoms with van der Waals surface area (Å²) in [6, 6.07) is 9.53. The topological polar surface area (TPSA) is 22.0 Å². The fourth-order valence-electron chi connectivity index (χ4n) is 1.37. The molecular weight excluding hydrogens is 193 g/mol. The summed E-state index contributed by atoms with van der Waals surface area (Å²) in [7, 11) is 0. The molecule has 0 radical (unpaired) electrons. The summed E-state index contributed by atoms with van der Waals surface area (Å²) >= 11 is 0. The fraction of sp³-hybridized carbons (Fsp3) is 0.0833. The Labute approximate surface area is 86.6 Å². The number of benzene rings is 1. The van der Waals surface area contributed by atoms with E-state index in [0.717, 1.165) is 0 Å². The van der Waals surface area contributed by atoms with Crippen LogP contribution in [0.25, 0.3) is 0 Å². The van der Waals surface area contributed by atoms with E-state index in [9.17, 15) is 9.18 Å². The van der Waals surface area contributed by atoms with Gasteiger partial charge < -0.3 is 4.57 Å². The van der Waals surface area contributed by atoms with Crippen molar-refractivity contribution in [3.05, 3.63) is 70.4 Å². The Morgan fingerprint density at radius 1 is 1.07 bits per heavy atom. The maximum atomic E-state index is 13.3. The van der Waals surface area contributed by atoms with Crippen LogP contribution in [0.1, 0.15) is 5.56 Å². The van der Waals surface area contributed by atoms with Gasteiger partial charge in [0, 0.05) is 36.6 Å². The van der Waals surface area contributed by atoms with Gasteiger partial charge in [0.2, 0.25) is 0 Å². The van der Waals surface area contributed by atoms with Gasteiger partial charge in [-0.05, 0) is 6.07 Å². The van der Waals surface area contributed by atoms with Gasteiger partial charge in [0.1, 0.15) is 5.82 Å². The second-order valence-electron chi connectivity index (χ2n) is 3.30. The third-order valence-electron chi connectivity index (χ3n) is 2.17. The molecule has 0 bridgehead atoms. The molecule has 0 aliphatic carbocycles. The maximum absolute atomic E-state index is 13.3. The predicted molar refractivity (Wildman–Crippen MR) is 56.2 cm³/mol. The van der Waals surface area contributed by atoms with E-state index in [-0.39, 0.29) is 11.2 Å². The average molecular weight is 203 g/mol. The first kappa shape index (κ1) is 9.65. The highest BCUT2D eigenvalue weighted by Crippen LogP contribution is 2.07. The van der Waals surface area contributed by atoms with Crippen molar-refractivity contribution in [1.29, 1.82) is 0 Å². The number of pyridine rings is 1. The van der Waals surface area contributed by atoms with Crippen LogP contribution in [0.15, 0.2) is 53.6 Å². The fourth-order valence-corrected chi connectivity index (χ4v) is 1.37. The van der Waals surface area contributed by atoms with Gasteiger partial charge >= 0.3 is 0 Å². The van der Waals surface area contributed by atoms with Crippen molar-refractivity contribution in [2.45, 2.75) is 6.54 Å². The zero-order chi connectivity index (χ0) is 10.7. The highest BCUT2D eigenvalue weighted by molar-refractivity contribution is 5.17. The van der Waals surface area contributed by atoms with Crippen LogP contribution in [0.4, 0.5) is 4.39 Å². The molecule has 2 rings (SSSR count). The standard InChI is InChI=1S/C12H10FNO/c13-12-4-2-1-3-10(12)9-14-7-5-11(15)6-8-14/h1-8H,9H2. The second-order valence-corrected chi connectivity index (χ2v) is 3.30. The summed E-state index contributed by atoms with van der Waals surface area (Å²) in [6.07, 6.45) is 3.30. The van der Waals surface area contributed by atoms with Crippen molar-refractivity contribution in [1.82, 2.24) is 4.57 Å². The molecule has 15 heavy (non-hydrogen) atoms. The minimum Gasteiger partial charge on any atom is -0.350 e. The van der Waals surface area contributed by atoms with Gasteiger partial charge in [0.05, 0.1) is 0 Å². The zero-order valence-corrected chi connectivity index (χ0v) is 8.06. The Morgan fingerprint density at radius 3 is 2.40 bits per heavy atom. The van der Waals surface area contributed by atoms with E-state index in [0.29, 0.717) is 12.1 Å². The largest absolute Gasteiger partial charge is 0.350 e. The zero-order valence-electron chi connectivity index (χ0n) is 8.06. The highest BCUT2D eigenvalue weighted by Gasteiger charge is 1.99. The van der Waals surface area contributed by atoms with Crippen LogP contribution < -0.4 is 5.43 Å². The van der Waals surface area contributed by atoms with E-state index in [1.54, 1.807) is 35.2 Å². The lowest BCUT2D eigenvalue weighted by atomic mass is 10.2. The molecule has 0 saturated carbocycles. The van der Waals surface area contributed by atoms with Gasteiger partial charge in [0.15, 0.2) is 5.43 Å². The van der Waals surface area contributed by atoms with Gasteiger partial charge in [-0.1, -0.05) is 18.2 Å². The molecule has 3 heteroatoms. The van der Waals surface area contributed by atoms with Crippen molar-refractivity contribution in [2.75, 3.05) is 0 Å². The molecule has 0 fully saturated rings. The van der Waals surface area contributed by atoms with Crippen LogP contribution >= 0.6 is 0 Å². The molecule has 1 aromatic carbocycles. The van der Waals surface area contributed by atoms with Gasteiger partial charge in [-0.25, -0.2) is 4.39 Å². The molecule has 0 unspecified atom stereocenters. The van der Waals surface area contributed by atoms with Crippen LogP contribution in [-0.4, -0.2) is 4.57 Å². The summed E-state index contributed by atoms with van der Waals surface area (Å²) in [5, 5.41) is 0. The quantitative estimate of drug-likeness (QED) is 0.732. The van der Waals surface area contributed by atoms with E-state index >= 15 is 0 Å². The number of rotatable bonds is 2. The molecule has 76 valence electrons. The molecule has 2 aromatic rings. The lowest BCUT2D eigenvalue weighted by Crippen LogP contribution is -2.05. The normalized spacial score (nSPS) is 10.2. The van der Waals surface area contributed by atoms with Crippen LogP contribution in [0.3, 0.4) is 0 Å². The lowest BCUT2D eigenvalue weighted by Gasteiger charge is -2.06. The van der Waals surface area contributed by atoms with E-state index < -0.39 is 0 Å². The second kappa shape index (κ2) is 4.09. The van der Waals surface area contributed by atoms with Gasteiger partial charge in [-0.2, -0.15) is 0 Å². The molecular formula is C12H10FNO. The van der Waals surface area contributed by atoms with E-state index in [2.05, 4.69) is 0 Å². The minimum absolute atomic E-state index is 0.0419. The van der Waals surface area contributed by atoms with E-state index in [4.69, 9.17) is 0 Å². The monoisotopic (exact) mass is 203 g/mol. The predicted octanol–water partition coefficient (Wildman–Crippen LogP) is 2.04. The van der Waals surface area contributed by atoms with Crippen LogP contribution in [0.5, 0.6) is 0 Å². The Morgan fingerprint density at radius 2 is 1.73 bits per heavy atom. The number of halogens is 1. The number of hydrogen-bond donors (Lipinski definition) is 0. The third-order valence-corrected chi connectivity index (χ3v) is 2.17. The van der Waals surface area contributed by atoms with E-state index in [1.807, 2.05) is 0 Å². The Bertz CT molecular complexity index is 499. The van der Waals surface area contributed by atoms with Crippen molar-refractivity contribution in [3.8, 4) is 0 Å². The summed E-state index contributed by atoms with van der Waals surface area (Å²) < 4.78 is 15.0. The molecule has 1 aromatic heterocycles. The molecule has 1 heterocycles. The van der Waals surface area contributed by atoms with Crippen molar-refractivity contribution >= 4 is 0 Å². The molecule has 0 atom stereocenters. The highest BCUT2D eigenvalue weighted by atomic mass is 19.1. The maximum Gasteiger partial charge on any atom is 0.181 e. The third kappa shape index (κ3) is 2.31. The summed E-state index contributed by atoms with van der Waals surface area (Å²) in [5.74, 6) is -0.226. The number of aromatic nitrogens is 1. The summed E-state index contributed by atoms with van der Waals surface area (Å²) in [4.78, 5) is 10.9. The van der Waals surface area contributed by atoms with Crippen molar-refractivity contribution in [2.24, 2.45) is 0 Å². The SMILES string of the molecule is O=c1ccn(Cc2ccccc2F)cc1. The number of hydrogen-bond acceptors (Lipinski definition) is 1. The summed E-state index contributed by atoms with van der Waals surface area (Å²) in [5.41, 5.74) is 0.570. The Kier molecular flexibility index (Phi) is 2.63. The Hall–Kier alpha value is -1.90. The summed E-state index contributed by atoms with van der Waals surface area (Å²) in [6.45, 7) is 0.437. The smallest absolute Gasteiger partial charge is 0.181 e. The van der Waals surface area contributed by atoms with Crippen molar-refractivity contribution < 1.29 is 4.39 Å². The van der Waals surface area contributed by atoms with Crippen LogP contribution in [0.2, 0.25) is 0 Å². The van der Waals surface area contributed by atoms with Crippen molar-refractivity contribution in [3.63, 3.8) is 0 Å². The van der Waals surface area contributed by atoms with Crippen LogP contribution in [0, 0.1) is 5.82 Å². The Balaban J connectivity index is 2.26. The average Bonchev–Trinajstić information content (AvgIpc) is 2.25. The van der Waals surface area contributed by atoms with E-state index in [1.165, 1.54) is 18.2 Å². The molecule has 0 aliphatic heterocycles. The van der Waals surface area contributed by atoms with Gasteiger partial charge in [-0.15, -0.1) is 0 Å². The first-order valence-electron chi connectivity index (χ1n) is 4.65. The first-order valence-corrected chi connectivity index (χ1v) is 4.65. The first-order chi connectivity index (χ1) is 7.25. The number of nitrogens with zero attached hydrogens (tertiary/aromatic N) is 1. The van der Waals surface area contributed by atoms with Crippen LogP contribution in [-0.2, 0) is 6.54 Å². The molecule has 0 N–H and O–H groups in total. The molecule has 0 spiro atoms. The van der Waals surface area contributed by atoms with Gasteiger partial charge in [0.25, 0.3) is 0 Å². The molecule has 0 aliphatic rings. The molecule has 0 saturated heterocycles. The minimum atomic E-state index is -0.226. The van der Waals surface area contributed by atoms with Gasteiger partial charge in [-0.3, -0.25) is 4.79 Å². The lowest BCUT2D eigenvalue weighted by molar-refractivity contribution is 0.599. The molecule has 0 amide bonds. The molecule has 2 nitrogen and oxygen atoms in total.